The number of rotatable bonds is 4. The van der Waals surface area contributed by atoms with Gasteiger partial charge in [-0.25, -0.2) is 9.78 Å². The third-order valence-electron chi connectivity index (χ3n) is 11.0. The van der Waals surface area contributed by atoms with Gasteiger partial charge >= 0.3 is 11.9 Å². The number of thioether (sulfide) groups is 1. The van der Waals surface area contributed by atoms with Gasteiger partial charge in [-0.1, -0.05) is 17.7 Å². The number of esters is 2. The lowest BCUT2D eigenvalue weighted by Gasteiger charge is -2.61. The molecule has 2 saturated heterocycles. The van der Waals surface area contributed by atoms with Gasteiger partial charge in [-0.15, -0.1) is 11.8 Å². The topological polar surface area (TPSA) is 173 Å². The lowest BCUT2D eigenvalue weighted by Crippen LogP contribution is -2.69. The number of phenols is 1. The smallest absolute Gasteiger partial charge is 0.329 e. The van der Waals surface area contributed by atoms with Crippen LogP contribution in [-0.2, 0) is 20.7 Å². The fraction of sp³-hybridized carbons (Fsp3) is 0.432. The molecule has 2 fully saturated rings. The Balaban J connectivity index is 1.36. The second kappa shape index (κ2) is 13.3. The summed E-state index contributed by atoms with van der Waals surface area (Å²) in [5.74, 6) is -0.333. The number of methoxy groups -OCH3 is 1. The molecule has 0 saturated carbocycles. The molecule has 2 N–H and O–H groups in total. The standard InChI is InChI=1S/C37H36ClN5O9S/c1-15-9-18-10-21-22(11-39)43-23-12-49-37(47)20(41-36(46)19-7-6-8-40-35(19)38)13-53-34(28(43)27(42(21)4)24(18)29(45)30(15)48-5)26-25(23)33-32(50-14-51-33)16(2)31(26)52-17(3)44/h6-9,20-23,27-28,34,45H,10,12-14H2,1-5H3,(H,41,46)/t20-,21-,22-,23-,27+,28+,34+/m0/s1. The number of ether oxygens (including phenoxy) is 5. The molecule has 4 bridgehead atoms. The number of fused-ring (bicyclic) bond motifs is 10. The first kappa shape index (κ1) is 35.3. The van der Waals surface area contributed by atoms with Crippen LogP contribution < -0.4 is 24.3 Å². The zero-order valence-electron chi connectivity index (χ0n) is 29.5. The first-order valence-corrected chi connectivity index (χ1v) is 18.5. The highest BCUT2D eigenvalue weighted by atomic mass is 35.5. The van der Waals surface area contributed by atoms with E-state index in [1.807, 2.05) is 20.0 Å². The first-order valence-electron chi connectivity index (χ1n) is 17.1. The van der Waals surface area contributed by atoms with Crippen LogP contribution in [0.3, 0.4) is 0 Å². The van der Waals surface area contributed by atoms with Crippen molar-refractivity contribution in [3.63, 3.8) is 0 Å². The largest absolute Gasteiger partial charge is 0.504 e. The number of nitriles is 1. The Morgan fingerprint density at radius 2 is 1.94 bits per heavy atom. The molecule has 0 unspecified atom stereocenters. The van der Waals surface area contributed by atoms with E-state index in [0.717, 1.165) is 11.1 Å². The molecule has 276 valence electrons. The second-order valence-electron chi connectivity index (χ2n) is 13.7. The molecule has 6 aliphatic rings. The summed E-state index contributed by atoms with van der Waals surface area (Å²) in [6.45, 7) is 4.66. The molecule has 53 heavy (non-hydrogen) atoms. The summed E-state index contributed by atoms with van der Waals surface area (Å²) < 4.78 is 29.9. The molecule has 3 aromatic rings. The molecule has 0 spiro atoms. The Bertz CT molecular complexity index is 2130. The minimum Gasteiger partial charge on any atom is -0.504 e. The number of likely N-dealkylation sites (N-methyl/N-ethyl adjacent to an activating group) is 1. The number of pyridine rings is 1. The van der Waals surface area contributed by atoms with E-state index >= 15 is 0 Å². The summed E-state index contributed by atoms with van der Waals surface area (Å²) >= 11 is 7.58. The van der Waals surface area contributed by atoms with E-state index in [9.17, 15) is 24.8 Å². The van der Waals surface area contributed by atoms with Crippen LogP contribution in [0.25, 0.3) is 0 Å². The number of amides is 1. The predicted molar refractivity (Wildman–Crippen MR) is 190 cm³/mol. The van der Waals surface area contributed by atoms with E-state index in [1.54, 1.807) is 13.0 Å². The number of hydrogen-bond donors (Lipinski definition) is 2. The normalized spacial score (nSPS) is 27.0. The van der Waals surface area contributed by atoms with Crippen molar-refractivity contribution in [1.82, 2.24) is 20.1 Å². The number of carbonyl (C=O) groups excluding carboxylic acids is 3. The Morgan fingerprint density at radius 3 is 2.66 bits per heavy atom. The molecule has 7 heterocycles. The van der Waals surface area contributed by atoms with Gasteiger partial charge in [0.1, 0.15) is 29.6 Å². The lowest BCUT2D eigenvalue weighted by molar-refractivity contribution is -0.151. The van der Waals surface area contributed by atoms with Crippen LogP contribution in [0.2, 0.25) is 5.15 Å². The number of piperazine rings is 1. The monoisotopic (exact) mass is 761 g/mol. The molecule has 1 aromatic heterocycles. The van der Waals surface area contributed by atoms with E-state index in [4.69, 9.17) is 35.3 Å². The predicted octanol–water partition coefficient (Wildman–Crippen LogP) is 4.08. The van der Waals surface area contributed by atoms with E-state index in [0.29, 0.717) is 45.9 Å². The van der Waals surface area contributed by atoms with Crippen molar-refractivity contribution < 1.29 is 43.2 Å². The van der Waals surface area contributed by atoms with Gasteiger partial charge in [-0.05, 0) is 50.6 Å². The van der Waals surface area contributed by atoms with Gasteiger partial charge in [0.05, 0.1) is 36.1 Å². The highest BCUT2D eigenvalue weighted by molar-refractivity contribution is 7.99. The number of aromatic nitrogens is 1. The molecule has 16 heteroatoms. The van der Waals surface area contributed by atoms with Crippen LogP contribution in [0.4, 0.5) is 0 Å². The van der Waals surface area contributed by atoms with E-state index in [1.165, 1.54) is 38.1 Å². The number of hydrogen-bond acceptors (Lipinski definition) is 14. The lowest BCUT2D eigenvalue weighted by atomic mass is 9.71. The summed E-state index contributed by atoms with van der Waals surface area (Å²) in [6, 6.07) is 3.65. The van der Waals surface area contributed by atoms with Crippen molar-refractivity contribution in [1.29, 1.82) is 5.26 Å². The maximum Gasteiger partial charge on any atom is 0.329 e. The van der Waals surface area contributed by atoms with Crippen molar-refractivity contribution in [3.8, 4) is 34.8 Å². The number of halogens is 1. The zero-order chi connectivity index (χ0) is 37.5. The van der Waals surface area contributed by atoms with Crippen LogP contribution in [-0.4, -0.2) is 95.2 Å². The molecule has 7 atom stereocenters. The minimum atomic E-state index is -1.12. The fourth-order valence-corrected chi connectivity index (χ4v) is 10.6. The number of nitrogens with one attached hydrogen (secondary N) is 1. The number of nitrogens with zero attached hydrogens (tertiary/aromatic N) is 4. The molecule has 0 radical (unpaired) electrons. The number of carbonyl (C=O) groups is 3. The Labute approximate surface area is 314 Å². The maximum atomic E-state index is 13.9. The molecule has 6 aliphatic heterocycles. The summed E-state index contributed by atoms with van der Waals surface area (Å²) in [5, 5.41) is 25.1. The van der Waals surface area contributed by atoms with Gasteiger partial charge in [-0.3, -0.25) is 19.4 Å². The number of phenolic OH excluding ortho intramolecular Hbond substituents is 1. The Morgan fingerprint density at radius 1 is 1.17 bits per heavy atom. The van der Waals surface area contributed by atoms with Crippen LogP contribution in [0.1, 0.15) is 68.0 Å². The van der Waals surface area contributed by atoms with Crippen molar-refractivity contribution in [3.05, 3.63) is 68.5 Å². The molecular formula is C37H36ClN5O9S. The number of aromatic hydroxyl groups is 1. The van der Waals surface area contributed by atoms with Crippen molar-refractivity contribution in [2.24, 2.45) is 0 Å². The maximum absolute atomic E-state index is 13.9. The quantitative estimate of drug-likeness (QED) is 0.221. The van der Waals surface area contributed by atoms with Crippen LogP contribution in [0.5, 0.6) is 28.7 Å². The summed E-state index contributed by atoms with van der Waals surface area (Å²) in [7, 11) is 3.46. The van der Waals surface area contributed by atoms with Crippen LogP contribution in [0.15, 0.2) is 24.4 Å². The molecule has 0 aliphatic carbocycles. The third kappa shape index (κ3) is 5.37. The number of aryl methyl sites for hydroxylation is 1. The molecule has 14 nitrogen and oxygen atoms in total. The van der Waals surface area contributed by atoms with E-state index < -0.39 is 53.3 Å². The molecule has 9 rings (SSSR count). The van der Waals surface area contributed by atoms with E-state index in [2.05, 4.69) is 26.2 Å². The molecule has 1 amide bonds. The van der Waals surface area contributed by atoms with Gasteiger partial charge in [0, 0.05) is 53.2 Å². The minimum absolute atomic E-state index is 0.0124. The highest BCUT2D eigenvalue weighted by Crippen LogP contribution is 2.64. The summed E-state index contributed by atoms with van der Waals surface area (Å²) in [5.41, 5.74) is 4.21. The van der Waals surface area contributed by atoms with E-state index in [-0.39, 0.29) is 47.4 Å². The zero-order valence-corrected chi connectivity index (χ0v) is 31.0. The van der Waals surface area contributed by atoms with Gasteiger partial charge < -0.3 is 34.1 Å². The molecule has 2 aromatic carbocycles. The second-order valence-corrected chi connectivity index (χ2v) is 15.3. The van der Waals surface area contributed by atoms with Crippen LogP contribution >= 0.6 is 23.4 Å². The van der Waals surface area contributed by atoms with Gasteiger partial charge in [-0.2, -0.15) is 5.26 Å². The molecular weight excluding hydrogens is 726 g/mol. The van der Waals surface area contributed by atoms with Gasteiger partial charge in [0.2, 0.25) is 6.79 Å². The highest BCUT2D eigenvalue weighted by Gasteiger charge is 2.60. The van der Waals surface area contributed by atoms with Gasteiger partial charge in [0.15, 0.2) is 23.0 Å². The van der Waals surface area contributed by atoms with Crippen molar-refractivity contribution in [2.45, 2.75) is 68.7 Å². The SMILES string of the molecule is COc1c(C)cc2c(c1O)[C@@H]1[C@@H]3[C@@H]4SC[C@H](NC(=O)c5cccnc5Cl)C(=O)OC[C@@H](c5c6c(c(C)c(OC(C)=O)c54)OCO6)N3[C@@H](C#N)[C@H](C2)N1C. The Hall–Kier alpha value is -4.75. The fourth-order valence-electron chi connectivity index (χ4n) is 8.86. The van der Waals surface area contributed by atoms with Crippen molar-refractivity contribution >= 4 is 41.2 Å². The summed E-state index contributed by atoms with van der Waals surface area (Å²) in [4.78, 5) is 48.3. The Kier molecular flexibility index (Phi) is 8.84. The van der Waals surface area contributed by atoms with Crippen LogP contribution in [0, 0.1) is 25.2 Å². The first-order chi connectivity index (χ1) is 25.5. The number of benzene rings is 2. The average molecular weight is 762 g/mol. The summed E-state index contributed by atoms with van der Waals surface area (Å²) in [6.07, 6.45) is 1.92. The average Bonchev–Trinajstić information content (AvgIpc) is 3.61. The van der Waals surface area contributed by atoms with Crippen molar-refractivity contribution in [2.75, 3.05) is 33.3 Å². The third-order valence-corrected chi connectivity index (χ3v) is 12.7. The van der Waals surface area contributed by atoms with Gasteiger partial charge in [0.25, 0.3) is 5.91 Å².